The fourth-order valence-corrected chi connectivity index (χ4v) is 1.62. The van der Waals surface area contributed by atoms with Crippen molar-refractivity contribution >= 4 is 11.5 Å². The molecule has 0 unspecified atom stereocenters. The van der Waals surface area contributed by atoms with Crippen LogP contribution in [-0.4, -0.2) is 24.7 Å². The number of aromatic amines is 1. The summed E-state index contributed by atoms with van der Waals surface area (Å²) in [6, 6.07) is 0. The predicted molar refractivity (Wildman–Crippen MR) is 60.5 cm³/mol. The van der Waals surface area contributed by atoms with E-state index in [1.807, 2.05) is 0 Å². The minimum absolute atomic E-state index is 0.00650. The second-order valence-corrected chi connectivity index (χ2v) is 3.59. The standard InChI is InChI=1S/C9H12N6O2/c1-6-8(15(16)17)9(14(2)13-6)11-4-7-3-10-5-12-7/h3,5,11H,4H2,1-2H3,(H,10,12). The quantitative estimate of drug-likeness (QED) is 0.608. The van der Waals surface area contributed by atoms with Gasteiger partial charge in [0.15, 0.2) is 0 Å². The van der Waals surface area contributed by atoms with E-state index in [1.54, 1.807) is 26.5 Å². The lowest BCUT2D eigenvalue weighted by Crippen LogP contribution is -2.06. The Kier molecular flexibility index (Phi) is 2.77. The van der Waals surface area contributed by atoms with Gasteiger partial charge >= 0.3 is 5.69 Å². The fourth-order valence-electron chi connectivity index (χ4n) is 1.62. The minimum atomic E-state index is -0.433. The van der Waals surface area contributed by atoms with Crippen LogP contribution >= 0.6 is 0 Å². The van der Waals surface area contributed by atoms with E-state index < -0.39 is 4.92 Å². The van der Waals surface area contributed by atoms with E-state index in [1.165, 1.54) is 4.68 Å². The molecule has 90 valence electrons. The Labute approximate surface area is 96.8 Å². The van der Waals surface area contributed by atoms with Gasteiger partial charge in [-0.2, -0.15) is 5.10 Å². The molecule has 0 bridgehead atoms. The maximum absolute atomic E-state index is 10.9. The van der Waals surface area contributed by atoms with Gasteiger partial charge in [0.05, 0.1) is 23.5 Å². The topological polar surface area (TPSA) is 102 Å². The van der Waals surface area contributed by atoms with Crippen molar-refractivity contribution in [3.8, 4) is 0 Å². The molecule has 17 heavy (non-hydrogen) atoms. The van der Waals surface area contributed by atoms with Crippen molar-refractivity contribution in [1.82, 2.24) is 19.7 Å². The summed E-state index contributed by atoms with van der Waals surface area (Å²) in [6.07, 6.45) is 3.21. The van der Waals surface area contributed by atoms with Crippen molar-refractivity contribution in [2.24, 2.45) is 7.05 Å². The molecule has 2 rings (SSSR count). The van der Waals surface area contributed by atoms with Gasteiger partial charge in [0.2, 0.25) is 5.82 Å². The van der Waals surface area contributed by atoms with E-state index in [9.17, 15) is 10.1 Å². The predicted octanol–water partition coefficient (Wildman–Crippen LogP) is 0.972. The van der Waals surface area contributed by atoms with Gasteiger partial charge in [0.1, 0.15) is 5.69 Å². The molecule has 0 aliphatic carbocycles. The molecule has 2 N–H and O–H groups in total. The van der Waals surface area contributed by atoms with Crippen LogP contribution in [0.25, 0.3) is 0 Å². The van der Waals surface area contributed by atoms with E-state index in [-0.39, 0.29) is 5.69 Å². The normalized spacial score (nSPS) is 10.5. The van der Waals surface area contributed by atoms with E-state index in [0.29, 0.717) is 18.1 Å². The molecule has 0 atom stereocenters. The summed E-state index contributed by atoms with van der Waals surface area (Å²) >= 11 is 0. The lowest BCUT2D eigenvalue weighted by atomic mass is 10.3. The molecule has 0 aliphatic heterocycles. The maximum Gasteiger partial charge on any atom is 0.333 e. The number of aromatic nitrogens is 4. The van der Waals surface area contributed by atoms with Gasteiger partial charge in [-0.1, -0.05) is 0 Å². The molecule has 0 aliphatic rings. The van der Waals surface area contributed by atoms with Crippen LogP contribution in [0.1, 0.15) is 11.4 Å². The van der Waals surface area contributed by atoms with Crippen LogP contribution in [0.2, 0.25) is 0 Å². The highest BCUT2D eigenvalue weighted by molar-refractivity contribution is 5.59. The molecule has 0 fully saturated rings. The molecule has 0 saturated carbocycles. The molecular weight excluding hydrogens is 224 g/mol. The van der Waals surface area contributed by atoms with Crippen molar-refractivity contribution in [2.45, 2.75) is 13.5 Å². The highest BCUT2D eigenvalue weighted by atomic mass is 16.6. The van der Waals surface area contributed by atoms with Crippen LogP contribution in [0, 0.1) is 17.0 Å². The Morgan fingerprint density at radius 2 is 2.41 bits per heavy atom. The summed E-state index contributed by atoms with van der Waals surface area (Å²) in [6.45, 7) is 2.04. The largest absolute Gasteiger partial charge is 0.359 e. The average molecular weight is 236 g/mol. The van der Waals surface area contributed by atoms with Gasteiger partial charge < -0.3 is 10.3 Å². The molecular formula is C9H12N6O2. The second-order valence-electron chi connectivity index (χ2n) is 3.59. The first-order valence-electron chi connectivity index (χ1n) is 4.98. The van der Waals surface area contributed by atoms with E-state index in [2.05, 4.69) is 20.4 Å². The first-order chi connectivity index (χ1) is 8.09. The molecule has 0 amide bonds. The van der Waals surface area contributed by atoms with Gasteiger partial charge in [-0.15, -0.1) is 0 Å². The van der Waals surface area contributed by atoms with Gasteiger partial charge in [-0.25, -0.2) is 9.67 Å². The number of hydrogen-bond acceptors (Lipinski definition) is 5. The Hall–Kier alpha value is -2.38. The van der Waals surface area contributed by atoms with Crippen LogP contribution in [0.4, 0.5) is 11.5 Å². The smallest absolute Gasteiger partial charge is 0.333 e. The number of hydrogen-bond donors (Lipinski definition) is 2. The molecule has 8 heteroatoms. The molecule has 0 spiro atoms. The summed E-state index contributed by atoms with van der Waals surface area (Å²) < 4.78 is 1.46. The molecule has 0 saturated heterocycles. The van der Waals surface area contributed by atoms with Gasteiger partial charge in [0, 0.05) is 13.2 Å². The molecule has 2 aromatic heterocycles. The number of anilines is 1. The summed E-state index contributed by atoms with van der Waals surface area (Å²) in [7, 11) is 1.66. The highest BCUT2D eigenvalue weighted by Crippen LogP contribution is 2.27. The van der Waals surface area contributed by atoms with Crippen LogP contribution in [0.5, 0.6) is 0 Å². The number of nitrogens with zero attached hydrogens (tertiary/aromatic N) is 4. The van der Waals surface area contributed by atoms with Crippen LogP contribution in [0.3, 0.4) is 0 Å². The second kappa shape index (κ2) is 4.24. The van der Waals surface area contributed by atoms with E-state index >= 15 is 0 Å². The fraction of sp³-hybridized carbons (Fsp3) is 0.333. The zero-order valence-corrected chi connectivity index (χ0v) is 9.47. The lowest BCUT2D eigenvalue weighted by molar-refractivity contribution is -0.384. The summed E-state index contributed by atoms with van der Waals surface area (Å²) in [5.41, 5.74) is 1.25. The SMILES string of the molecule is Cc1nn(C)c(NCc2cnc[nH]2)c1[N+](=O)[O-]. The van der Waals surface area contributed by atoms with Crippen molar-refractivity contribution in [3.05, 3.63) is 34.0 Å². The monoisotopic (exact) mass is 236 g/mol. The van der Waals surface area contributed by atoms with E-state index in [0.717, 1.165) is 5.69 Å². The zero-order valence-electron chi connectivity index (χ0n) is 9.47. The Bertz CT molecular complexity index is 530. The van der Waals surface area contributed by atoms with Crippen LogP contribution in [-0.2, 0) is 13.6 Å². The van der Waals surface area contributed by atoms with Gasteiger partial charge in [0.25, 0.3) is 0 Å². The molecule has 8 nitrogen and oxygen atoms in total. The zero-order chi connectivity index (χ0) is 12.4. The maximum atomic E-state index is 10.9. The summed E-state index contributed by atoms with van der Waals surface area (Å²) in [4.78, 5) is 17.3. The van der Waals surface area contributed by atoms with Crippen molar-refractivity contribution in [1.29, 1.82) is 0 Å². The van der Waals surface area contributed by atoms with Crippen LogP contribution < -0.4 is 5.32 Å². The summed E-state index contributed by atoms with van der Waals surface area (Å²) in [5.74, 6) is 0.391. The molecule has 0 aromatic carbocycles. The molecule has 0 radical (unpaired) electrons. The lowest BCUT2D eigenvalue weighted by Gasteiger charge is -2.03. The number of nitrogens with one attached hydrogen (secondary N) is 2. The minimum Gasteiger partial charge on any atom is -0.359 e. The Morgan fingerprint density at radius 1 is 1.65 bits per heavy atom. The summed E-state index contributed by atoms with van der Waals surface area (Å²) in [5, 5.41) is 17.9. The third kappa shape index (κ3) is 2.10. The first kappa shape index (κ1) is 11.1. The average Bonchev–Trinajstić information content (AvgIpc) is 2.83. The number of H-pyrrole nitrogens is 1. The third-order valence-electron chi connectivity index (χ3n) is 2.37. The van der Waals surface area contributed by atoms with Crippen molar-refractivity contribution in [3.63, 3.8) is 0 Å². The van der Waals surface area contributed by atoms with E-state index in [4.69, 9.17) is 0 Å². The van der Waals surface area contributed by atoms with Gasteiger partial charge in [-0.05, 0) is 6.92 Å². The molecule has 2 heterocycles. The number of nitro groups is 1. The number of imidazole rings is 1. The number of aryl methyl sites for hydroxylation is 2. The van der Waals surface area contributed by atoms with Gasteiger partial charge in [-0.3, -0.25) is 10.1 Å². The van der Waals surface area contributed by atoms with Crippen molar-refractivity contribution in [2.75, 3.05) is 5.32 Å². The first-order valence-corrected chi connectivity index (χ1v) is 4.98. The molecule has 2 aromatic rings. The number of rotatable bonds is 4. The van der Waals surface area contributed by atoms with Crippen molar-refractivity contribution < 1.29 is 4.92 Å². The Morgan fingerprint density at radius 3 is 3.00 bits per heavy atom. The van der Waals surface area contributed by atoms with Crippen LogP contribution in [0.15, 0.2) is 12.5 Å². The third-order valence-corrected chi connectivity index (χ3v) is 2.37. The highest BCUT2D eigenvalue weighted by Gasteiger charge is 2.23. The Balaban J connectivity index is 2.23.